The van der Waals surface area contributed by atoms with Crippen LogP contribution in [0, 0.1) is 5.82 Å². The monoisotopic (exact) mass is 408 g/mol. The van der Waals surface area contributed by atoms with Gasteiger partial charge >= 0.3 is 0 Å². The van der Waals surface area contributed by atoms with Gasteiger partial charge in [0, 0.05) is 24.2 Å². The zero-order valence-corrected chi connectivity index (χ0v) is 16.1. The van der Waals surface area contributed by atoms with Gasteiger partial charge in [0.05, 0.1) is 17.0 Å². The molecule has 2 aromatic carbocycles. The zero-order valence-electron chi connectivity index (χ0n) is 14.6. The molecule has 7 heteroatoms. The minimum absolute atomic E-state index is 0.00931. The maximum Gasteiger partial charge on any atom is 0.258 e. The molecule has 1 aliphatic heterocycles. The molecule has 3 rings (SSSR count). The van der Waals surface area contributed by atoms with E-state index in [1.807, 2.05) is 12.1 Å². The molecule has 0 aliphatic carbocycles. The average Bonchev–Trinajstić information content (AvgIpc) is 2.64. The predicted octanol–water partition coefficient (Wildman–Crippen LogP) is 4.10. The molecule has 2 aromatic rings. The summed E-state index contributed by atoms with van der Waals surface area (Å²) in [5, 5.41) is 3.73. The Balaban J connectivity index is 1.52. The molecule has 1 fully saturated rings. The van der Waals surface area contributed by atoms with Crippen molar-refractivity contribution in [2.75, 3.05) is 13.1 Å². The van der Waals surface area contributed by atoms with Gasteiger partial charge in [-0.3, -0.25) is 9.59 Å². The fourth-order valence-electron chi connectivity index (χ4n) is 3.15. The number of carbonyl (C=O) groups is 2. The first-order valence-electron chi connectivity index (χ1n) is 8.71. The highest BCUT2D eigenvalue weighted by atomic mass is 35.5. The van der Waals surface area contributed by atoms with Crippen molar-refractivity contribution in [2.24, 2.45) is 0 Å². The Morgan fingerprint density at radius 3 is 2.37 bits per heavy atom. The molecule has 0 radical (unpaired) electrons. The Morgan fingerprint density at radius 1 is 1.07 bits per heavy atom. The maximum atomic E-state index is 13.9. The van der Waals surface area contributed by atoms with E-state index in [0.717, 1.165) is 5.56 Å². The van der Waals surface area contributed by atoms with Gasteiger partial charge in [-0.15, -0.1) is 0 Å². The summed E-state index contributed by atoms with van der Waals surface area (Å²) in [5.41, 5.74) is 0.795. The smallest absolute Gasteiger partial charge is 0.258 e. The topological polar surface area (TPSA) is 49.4 Å². The molecule has 0 saturated carbocycles. The highest BCUT2D eigenvalue weighted by Crippen LogP contribution is 2.23. The van der Waals surface area contributed by atoms with Gasteiger partial charge in [0.25, 0.3) is 5.91 Å². The van der Waals surface area contributed by atoms with E-state index in [2.05, 4.69) is 5.32 Å². The summed E-state index contributed by atoms with van der Waals surface area (Å²) in [6.45, 7) is 0.880. The van der Waals surface area contributed by atoms with Crippen molar-refractivity contribution in [3.8, 4) is 0 Å². The van der Waals surface area contributed by atoms with Crippen LogP contribution in [0.5, 0.6) is 0 Å². The summed E-state index contributed by atoms with van der Waals surface area (Å²) in [7, 11) is 0. The number of rotatable bonds is 4. The summed E-state index contributed by atoms with van der Waals surface area (Å²) in [4.78, 5) is 26.3. The molecule has 4 nitrogen and oxygen atoms in total. The Morgan fingerprint density at radius 2 is 1.74 bits per heavy atom. The fourth-order valence-corrected chi connectivity index (χ4v) is 3.52. The lowest BCUT2D eigenvalue weighted by molar-refractivity contribution is -0.121. The lowest BCUT2D eigenvalue weighted by Crippen LogP contribution is -2.47. The van der Waals surface area contributed by atoms with E-state index in [-0.39, 0.29) is 29.0 Å². The normalized spacial score (nSPS) is 14.9. The molecule has 1 saturated heterocycles. The molecule has 2 amide bonds. The molecule has 1 N–H and O–H groups in total. The van der Waals surface area contributed by atoms with Crippen molar-refractivity contribution in [2.45, 2.75) is 25.3 Å². The summed E-state index contributed by atoms with van der Waals surface area (Å²) in [6, 6.07) is 11.3. The first-order chi connectivity index (χ1) is 12.9. The number of piperidine rings is 1. The van der Waals surface area contributed by atoms with Crippen LogP contribution in [0.2, 0.25) is 10.0 Å². The van der Waals surface area contributed by atoms with E-state index in [1.165, 1.54) is 18.2 Å². The second-order valence-corrected chi connectivity index (χ2v) is 7.38. The van der Waals surface area contributed by atoms with Crippen LogP contribution in [0.4, 0.5) is 4.39 Å². The van der Waals surface area contributed by atoms with E-state index in [0.29, 0.717) is 31.0 Å². The van der Waals surface area contributed by atoms with Crippen LogP contribution in [0.3, 0.4) is 0 Å². The minimum atomic E-state index is -0.620. The van der Waals surface area contributed by atoms with Gasteiger partial charge in [-0.1, -0.05) is 41.4 Å². The zero-order chi connectivity index (χ0) is 19.4. The number of hydrogen-bond acceptors (Lipinski definition) is 2. The second kappa shape index (κ2) is 8.72. The molecular formula is C20H19Cl2FN2O2. The lowest BCUT2D eigenvalue weighted by atomic mass is 10.0. The third-order valence-corrected chi connectivity index (χ3v) is 5.17. The summed E-state index contributed by atoms with van der Waals surface area (Å²) in [5.74, 6) is -1.10. The van der Waals surface area contributed by atoms with Gasteiger partial charge in [-0.25, -0.2) is 4.39 Å². The van der Waals surface area contributed by atoms with Crippen molar-refractivity contribution >= 4 is 35.0 Å². The van der Waals surface area contributed by atoms with Gasteiger partial charge in [0.1, 0.15) is 5.82 Å². The van der Waals surface area contributed by atoms with Gasteiger partial charge < -0.3 is 10.2 Å². The van der Waals surface area contributed by atoms with E-state index < -0.39 is 11.7 Å². The van der Waals surface area contributed by atoms with Crippen molar-refractivity contribution < 1.29 is 14.0 Å². The Hall–Kier alpha value is -2.11. The summed E-state index contributed by atoms with van der Waals surface area (Å²) in [6.07, 6.45) is 1.51. The number of amides is 2. The second-order valence-electron chi connectivity index (χ2n) is 6.53. The molecule has 1 aliphatic rings. The highest BCUT2D eigenvalue weighted by Gasteiger charge is 2.27. The van der Waals surface area contributed by atoms with Gasteiger partial charge in [-0.2, -0.15) is 0 Å². The molecule has 0 aromatic heterocycles. The average molecular weight is 409 g/mol. The van der Waals surface area contributed by atoms with Crippen LogP contribution >= 0.6 is 23.2 Å². The molecule has 27 heavy (non-hydrogen) atoms. The Bertz CT molecular complexity index is 814. The van der Waals surface area contributed by atoms with Crippen LogP contribution in [-0.2, 0) is 11.2 Å². The number of nitrogens with zero attached hydrogens (tertiary/aromatic N) is 1. The number of benzene rings is 2. The van der Waals surface area contributed by atoms with E-state index in [4.69, 9.17) is 23.2 Å². The molecular weight excluding hydrogens is 390 g/mol. The summed E-state index contributed by atoms with van der Waals surface area (Å²) < 4.78 is 13.9. The quantitative estimate of drug-likeness (QED) is 0.827. The lowest BCUT2D eigenvalue weighted by Gasteiger charge is -2.32. The van der Waals surface area contributed by atoms with Gasteiger partial charge in [0.15, 0.2) is 0 Å². The van der Waals surface area contributed by atoms with Crippen molar-refractivity contribution in [3.63, 3.8) is 0 Å². The first kappa shape index (κ1) is 19.6. The minimum Gasteiger partial charge on any atom is -0.353 e. The molecule has 0 spiro atoms. The third kappa shape index (κ3) is 4.99. The van der Waals surface area contributed by atoms with Crippen LogP contribution in [0.25, 0.3) is 0 Å². The van der Waals surface area contributed by atoms with E-state index in [9.17, 15) is 14.0 Å². The number of hydrogen-bond donors (Lipinski definition) is 1. The molecule has 0 unspecified atom stereocenters. The van der Waals surface area contributed by atoms with Gasteiger partial charge in [0.2, 0.25) is 5.91 Å². The van der Waals surface area contributed by atoms with Crippen LogP contribution in [0.1, 0.15) is 28.8 Å². The molecule has 1 heterocycles. The third-order valence-electron chi connectivity index (χ3n) is 4.60. The highest BCUT2D eigenvalue weighted by molar-refractivity contribution is 6.33. The van der Waals surface area contributed by atoms with E-state index in [1.54, 1.807) is 17.0 Å². The Labute approximate surface area is 167 Å². The first-order valence-corrected chi connectivity index (χ1v) is 9.46. The van der Waals surface area contributed by atoms with Crippen molar-refractivity contribution in [1.82, 2.24) is 10.2 Å². The molecule has 142 valence electrons. The number of nitrogens with one attached hydrogen (secondary N) is 1. The fraction of sp³-hybridized carbons (Fsp3) is 0.300. The SMILES string of the molecule is O=C(Cc1ccc(Cl)cc1)NC1CCN(C(=O)c2c(F)cccc2Cl)CC1. The van der Waals surface area contributed by atoms with Gasteiger partial charge in [-0.05, 0) is 42.7 Å². The van der Waals surface area contributed by atoms with E-state index >= 15 is 0 Å². The maximum absolute atomic E-state index is 13.9. The standard InChI is InChI=1S/C20H19Cl2FN2O2/c21-14-6-4-13(5-7-14)12-18(26)24-15-8-10-25(11-9-15)20(27)19-16(22)2-1-3-17(19)23/h1-7,15H,8-12H2,(H,24,26). The van der Waals surface area contributed by atoms with Crippen LogP contribution in [-0.4, -0.2) is 35.8 Å². The molecule has 0 bridgehead atoms. The number of carbonyl (C=O) groups excluding carboxylic acids is 2. The van der Waals surface area contributed by atoms with Crippen molar-refractivity contribution in [3.05, 3.63) is 69.5 Å². The molecule has 0 atom stereocenters. The van der Waals surface area contributed by atoms with Crippen LogP contribution < -0.4 is 5.32 Å². The largest absolute Gasteiger partial charge is 0.353 e. The van der Waals surface area contributed by atoms with Crippen molar-refractivity contribution in [1.29, 1.82) is 0 Å². The number of likely N-dealkylation sites (tertiary alicyclic amines) is 1. The Kier molecular flexibility index (Phi) is 6.34. The number of halogens is 3. The van der Waals surface area contributed by atoms with Crippen LogP contribution in [0.15, 0.2) is 42.5 Å². The predicted molar refractivity (Wildman–Crippen MR) is 104 cm³/mol. The summed E-state index contributed by atoms with van der Waals surface area (Å²) >= 11 is 11.8.